The fourth-order valence-corrected chi connectivity index (χ4v) is 6.14. The van der Waals surface area contributed by atoms with E-state index in [1.807, 2.05) is 40.0 Å². The summed E-state index contributed by atoms with van der Waals surface area (Å²) in [5.74, 6) is 0.586. The molecule has 164 valence electrons. The minimum Gasteiger partial charge on any atom is -0.336 e. The van der Waals surface area contributed by atoms with Crippen LogP contribution in [0.3, 0.4) is 0 Å². The van der Waals surface area contributed by atoms with Crippen LogP contribution in [0.15, 0.2) is 23.1 Å². The van der Waals surface area contributed by atoms with Crippen molar-refractivity contribution >= 4 is 28.4 Å². The lowest BCUT2D eigenvalue weighted by molar-refractivity contribution is 0.0791. The number of thiazole rings is 1. The number of nitrogens with zero attached hydrogens (tertiary/aromatic N) is 5. The number of carbonyl (C=O) groups is 1. The Kier molecular flexibility index (Phi) is 5.42. The average molecular weight is 440 g/mol. The molecule has 1 saturated carbocycles. The van der Waals surface area contributed by atoms with E-state index in [2.05, 4.69) is 9.97 Å². The summed E-state index contributed by atoms with van der Waals surface area (Å²) in [7, 11) is 0. The molecule has 0 spiro atoms. The molecule has 1 aliphatic carbocycles. The maximum absolute atomic E-state index is 13.5. The molecular weight excluding hydrogens is 410 g/mol. The van der Waals surface area contributed by atoms with Crippen LogP contribution in [0.4, 0.5) is 0 Å². The molecule has 5 rings (SSSR count). The molecule has 0 radical (unpaired) electrons. The number of rotatable bonds is 4. The number of aromatic nitrogens is 4. The van der Waals surface area contributed by atoms with E-state index in [0.29, 0.717) is 23.9 Å². The summed E-state index contributed by atoms with van der Waals surface area (Å²) in [5, 5.41) is 0.905. The van der Waals surface area contributed by atoms with Gasteiger partial charge in [0.05, 0.1) is 22.3 Å². The second-order valence-electron chi connectivity index (χ2n) is 8.95. The van der Waals surface area contributed by atoms with E-state index < -0.39 is 0 Å². The molecule has 1 atom stereocenters. The first kappa shape index (κ1) is 20.4. The largest absolute Gasteiger partial charge is 0.336 e. The first-order valence-electron chi connectivity index (χ1n) is 11.3. The summed E-state index contributed by atoms with van der Waals surface area (Å²) in [4.78, 5) is 38.1. The maximum atomic E-state index is 13.5. The topological polar surface area (TPSA) is 73.0 Å². The molecule has 2 aliphatic rings. The first-order chi connectivity index (χ1) is 15.0. The minimum atomic E-state index is -0.0456. The molecule has 0 aromatic carbocycles. The Bertz CT molecular complexity index is 1170. The van der Waals surface area contributed by atoms with E-state index >= 15 is 0 Å². The third-order valence-corrected chi connectivity index (χ3v) is 7.86. The number of hydrogen-bond donors (Lipinski definition) is 0. The second kappa shape index (κ2) is 8.22. The van der Waals surface area contributed by atoms with Gasteiger partial charge in [-0.25, -0.2) is 14.8 Å². The predicted octanol–water partition coefficient (Wildman–Crippen LogP) is 3.94. The molecule has 8 heteroatoms. The van der Waals surface area contributed by atoms with Crippen LogP contribution in [0.1, 0.15) is 64.9 Å². The lowest BCUT2D eigenvalue weighted by atomic mass is 9.89. The highest BCUT2D eigenvalue weighted by molar-refractivity contribution is 7.13. The second-order valence-corrected chi connectivity index (χ2v) is 10.2. The molecule has 0 N–H and O–H groups in total. The van der Waals surface area contributed by atoms with Gasteiger partial charge in [0.2, 0.25) is 0 Å². The van der Waals surface area contributed by atoms with Crippen molar-refractivity contribution in [3.8, 4) is 0 Å². The molecule has 1 saturated heterocycles. The number of amides is 1. The number of likely N-dealkylation sites (tertiary alicyclic amines) is 1. The third kappa shape index (κ3) is 3.71. The van der Waals surface area contributed by atoms with Crippen LogP contribution in [0.25, 0.3) is 11.2 Å². The molecule has 4 heterocycles. The van der Waals surface area contributed by atoms with Crippen LogP contribution in [0.2, 0.25) is 0 Å². The number of carbonyl (C=O) groups excluding carboxylic acids is 1. The number of imidazole rings is 1. The summed E-state index contributed by atoms with van der Waals surface area (Å²) in [6.07, 6.45) is 8.72. The van der Waals surface area contributed by atoms with Gasteiger partial charge in [-0.15, -0.1) is 11.3 Å². The Morgan fingerprint density at radius 3 is 2.74 bits per heavy atom. The lowest BCUT2D eigenvalue weighted by Gasteiger charge is -2.21. The number of hydrogen-bond acceptors (Lipinski definition) is 5. The van der Waals surface area contributed by atoms with Crippen LogP contribution < -0.4 is 5.69 Å². The minimum absolute atomic E-state index is 0.0170. The number of fused-ring (bicyclic) bond motifs is 1. The fourth-order valence-electron chi connectivity index (χ4n) is 5.25. The summed E-state index contributed by atoms with van der Waals surface area (Å²) in [5.41, 5.74) is 2.46. The van der Waals surface area contributed by atoms with Gasteiger partial charge in [0, 0.05) is 25.8 Å². The van der Waals surface area contributed by atoms with E-state index in [4.69, 9.17) is 0 Å². The SMILES string of the molecule is Cc1nc(C)c(C(=O)N2CC[C@@H](n3c(=O)n(CC4CCCCC4)c4cccnc43)C2)s1. The average Bonchev–Trinajstić information content (AvgIpc) is 3.45. The Hall–Kier alpha value is -2.48. The van der Waals surface area contributed by atoms with Gasteiger partial charge in [-0.2, -0.15) is 0 Å². The van der Waals surface area contributed by atoms with Crippen LogP contribution in [0, 0.1) is 19.8 Å². The molecule has 31 heavy (non-hydrogen) atoms. The first-order valence-corrected chi connectivity index (χ1v) is 12.1. The molecule has 1 aliphatic heterocycles. The van der Waals surface area contributed by atoms with Crippen LogP contribution in [-0.4, -0.2) is 43.0 Å². The molecule has 1 amide bonds. The van der Waals surface area contributed by atoms with Crippen molar-refractivity contribution in [1.82, 2.24) is 24.0 Å². The van der Waals surface area contributed by atoms with Crippen molar-refractivity contribution < 1.29 is 4.79 Å². The van der Waals surface area contributed by atoms with E-state index in [0.717, 1.165) is 34.8 Å². The highest BCUT2D eigenvalue weighted by Crippen LogP contribution is 2.29. The molecule has 3 aromatic heterocycles. The Morgan fingerprint density at radius 1 is 1.19 bits per heavy atom. The van der Waals surface area contributed by atoms with Crippen molar-refractivity contribution in [2.24, 2.45) is 5.92 Å². The Balaban J connectivity index is 1.44. The third-order valence-electron chi connectivity index (χ3n) is 6.80. The zero-order valence-electron chi connectivity index (χ0n) is 18.2. The van der Waals surface area contributed by atoms with E-state index in [9.17, 15) is 9.59 Å². The summed E-state index contributed by atoms with van der Waals surface area (Å²) in [6, 6.07) is 3.86. The fraction of sp³-hybridized carbons (Fsp3) is 0.565. The molecule has 3 aromatic rings. The van der Waals surface area contributed by atoms with Gasteiger partial charge in [0.1, 0.15) is 4.88 Å². The molecule has 7 nitrogen and oxygen atoms in total. The van der Waals surface area contributed by atoms with Gasteiger partial charge in [-0.3, -0.25) is 13.9 Å². The summed E-state index contributed by atoms with van der Waals surface area (Å²) < 4.78 is 3.77. The van der Waals surface area contributed by atoms with Gasteiger partial charge in [0.15, 0.2) is 5.65 Å². The van der Waals surface area contributed by atoms with Crippen LogP contribution >= 0.6 is 11.3 Å². The predicted molar refractivity (Wildman–Crippen MR) is 122 cm³/mol. The van der Waals surface area contributed by atoms with Gasteiger partial charge < -0.3 is 4.90 Å². The van der Waals surface area contributed by atoms with Crippen LogP contribution in [-0.2, 0) is 6.54 Å². The van der Waals surface area contributed by atoms with Crippen molar-refractivity contribution in [2.75, 3.05) is 13.1 Å². The van der Waals surface area contributed by atoms with Crippen molar-refractivity contribution in [3.63, 3.8) is 0 Å². The molecular formula is C23H29N5O2S. The van der Waals surface area contributed by atoms with Gasteiger partial charge in [0.25, 0.3) is 5.91 Å². The zero-order valence-corrected chi connectivity index (χ0v) is 19.0. The van der Waals surface area contributed by atoms with Gasteiger partial charge in [-0.1, -0.05) is 19.3 Å². The zero-order chi connectivity index (χ0) is 21.5. The highest BCUT2D eigenvalue weighted by atomic mass is 32.1. The molecule has 0 bridgehead atoms. The Labute approximate surface area is 185 Å². The smallest absolute Gasteiger partial charge is 0.330 e. The normalized spacial score (nSPS) is 20.1. The van der Waals surface area contributed by atoms with E-state index in [-0.39, 0.29) is 17.6 Å². The summed E-state index contributed by atoms with van der Waals surface area (Å²) in [6.45, 7) is 5.76. The maximum Gasteiger partial charge on any atom is 0.330 e. The van der Waals surface area contributed by atoms with Crippen molar-refractivity contribution in [1.29, 1.82) is 0 Å². The van der Waals surface area contributed by atoms with E-state index in [1.165, 1.54) is 43.4 Å². The summed E-state index contributed by atoms with van der Waals surface area (Å²) >= 11 is 1.45. The number of aryl methyl sites for hydroxylation is 2. The van der Waals surface area contributed by atoms with E-state index in [1.54, 1.807) is 6.20 Å². The quantitative estimate of drug-likeness (QED) is 0.617. The lowest BCUT2D eigenvalue weighted by Crippen LogP contribution is -2.33. The van der Waals surface area contributed by atoms with Crippen LogP contribution in [0.5, 0.6) is 0 Å². The standard InChI is InChI=1S/C23H29N5O2S/c1-15-20(31-16(2)25-15)22(29)26-12-10-18(14-26)28-21-19(9-6-11-24-21)27(23(28)30)13-17-7-4-3-5-8-17/h6,9,11,17-18H,3-5,7-8,10,12-14H2,1-2H3/t18-/m1/s1. The van der Waals surface area contributed by atoms with Crippen molar-refractivity contribution in [2.45, 2.75) is 65.0 Å². The monoisotopic (exact) mass is 439 g/mol. The van der Waals surface area contributed by atoms with Gasteiger partial charge in [-0.05, 0) is 51.2 Å². The van der Waals surface area contributed by atoms with Gasteiger partial charge >= 0.3 is 5.69 Å². The molecule has 0 unspecified atom stereocenters. The number of pyridine rings is 1. The highest BCUT2D eigenvalue weighted by Gasteiger charge is 2.33. The molecule has 2 fully saturated rings. The Morgan fingerprint density at radius 2 is 2.00 bits per heavy atom. The van der Waals surface area contributed by atoms with Crippen molar-refractivity contribution in [3.05, 3.63) is 44.4 Å².